The number of nitrogens with zero attached hydrogens (tertiary/aromatic N) is 2. The second kappa shape index (κ2) is 9.02. The number of carbonyl (C=O) groups is 3. The molecule has 0 saturated carbocycles. The quantitative estimate of drug-likeness (QED) is 0.382. The van der Waals surface area contributed by atoms with Crippen LogP contribution < -0.4 is 10.6 Å². The number of rotatable bonds is 5. The summed E-state index contributed by atoms with van der Waals surface area (Å²) in [7, 11) is 0. The molecule has 0 radical (unpaired) electrons. The maximum absolute atomic E-state index is 12.8. The molecule has 0 spiro atoms. The third-order valence-corrected chi connectivity index (χ3v) is 5.83. The van der Waals surface area contributed by atoms with Crippen LogP contribution in [0.25, 0.3) is 11.8 Å². The Morgan fingerprint density at radius 3 is 2.62 bits per heavy atom. The molecular formula is C23H18BrClN4O3. The number of hydrogen-bond acceptors (Lipinski definition) is 3. The lowest BCUT2D eigenvalue weighted by Crippen LogP contribution is -2.38. The van der Waals surface area contributed by atoms with Gasteiger partial charge in [-0.3, -0.25) is 9.59 Å². The van der Waals surface area contributed by atoms with Gasteiger partial charge in [-0.1, -0.05) is 33.6 Å². The maximum Gasteiger partial charge on any atom is 0.329 e. The van der Waals surface area contributed by atoms with Crippen LogP contribution in [0.5, 0.6) is 0 Å². The average Bonchev–Trinajstić information content (AvgIpc) is 3.32. The van der Waals surface area contributed by atoms with E-state index in [0.717, 1.165) is 20.6 Å². The first-order valence-electron chi connectivity index (χ1n) is 9.65. The Balaban J connectivity index is 1.50. The van der Waals surface area contributed by atoms with Crippen molar-refractivity contribution in [1.82, 2.24) is 14.8 Å². The van der Waals surface area contributed by atoms with Crippen molar-refractivity contribution in [3.05, 3.63) is 87.2 Å². The zero-order valence-electron chi connectivity index (χ0n) is 16.9. The third-order valence-electron chi connectivity index (χ3n) is 4.90. The van der Waals surface area contributed by atoms with Crippen molar-refractivity contribution in [3.8, 4) is 5.69 Å². The molecule has 4 amide bonds. The van der Waals surface area contributed by atoms with Gasteiger partial charge < -0.3 is 15.2 Å². The molecule has 1 fully saturated rings. The van der Waals surface area contributed by atoms with Crippen molar-refractivity contribution in [2.45, 2.75) is 6.92 Å². The lowest BCUT2D eigenvalue weighted by molar-refractivity contribution is -0.127. The number of benzene rings is 2. The van der Waals surface area contributed by atoms with Crippen LogP contribution in [0.2, 0.25) is 5.02 Å². The van der Waals surface area contributed by atoms with E-state index in [1.165, 1.54) is 0 Å². The SMILES string of the molecule is Cc1ccc(-n2cccc2/C=C2\NC(=O)N(CC(=O)Nc3ccc(Br)cc3)C2=O)cc1Cl. The minimum Gasteiger partial charge on any atom is -0.325 e. The second-order valence-electron chi connectivity index (χ2n) is 7.17. The Labute approximate surface area is 197 Å². The maximum atomic E-state index is 12.8. The highest BCUT2D eigenvalue weighted by atomic mass is 79.9. The topological polar surface area (TPSA) is 83.4 Å². The van der Waals surface area contributed by atoms with Gasteiger partial charge in [0.1, 0.15) is 12.2 Å². The molecule has 0 aliphatic carbocycles. The third kappa shape index (κ3) is 4.61. The Morgan fingerprint density at radius 1 is 1.16 bits per heavy atom. The van der Waals surface area contributed by atoms with Gasteiger partial charge in [0.05, 0.1) is 0 Å². The number of anilines is 1. The summed E-state index contributed by atoms with van der Waals surface area (Å²) >= 11 is 9.56. The fraction of sp³-hybridized carbons (Fsp3) is 0.0870. The highest BCUT2D eigenvalue weighted by Gasteiger charge is 2.35. The lowest BCUT2D eigenvalue weighted by atomic mass is 10.2. The summed E-state index contributed by atoms with van der Waals surface area (Å²) < 4.78 is 2.72. The van der Waals surface area contributed by atoms with Gasteiger partial charge in [-0.05, 0) is 67.1 Å². The number of carbonyl (C=O) groups excluding carboxylic acids is 3. The van der Waals surface area contributed by atoms with Crippen LogP contribution in [0, 0.1) is 6.92 Å². The first kappa shape index (κ1) is 21.9. The molecule has 1 aromatic heterocycles. The van der Waals surface area contributed by atoms with Crippen molar-refractivity contribution < 1.29 is 14.4 Å². The smallest absolute Gasteiger partial charge is 0.325 e. The van der Waals surface area contributed by atoms with Crippen LogP contribution in [0.1, 0.15) is 11.3 Å². The fourth-order valence-corrected chi connectivity index (χ4v) is 3.66. The molecular weight excluding hydrogens is 496 g/mol. The number of aryl methyl sites for hydroxylation is 1. The minimum absolute atomic E-state index is 0.0876. The summed E-state index contributed by atoms with van der Waals surface area (Å²) in [5, 5.41) is 5.84. The number of imide groups is 1. The van der Waals surface area contributed by atoms with Crippen LogP contribution in [0.15, 0.2) is 71.0 Å². The summed E-state index contributed by atoms with van der Waals surface area (Å²) in [6, 6.07) is 15.6. The van der Waals surface area contributed by atoms with Crippen molar-refractivity contribution in [1.29, 1.82) is 0 Å². The Morgan fingerprint density at radius 2 is 1.91 bits per heavy atom. The summed E-state index contributed by atoms with van der Waals surface area (Å²) in [6.07, 6.45) is 3.40. The van der Waals surface area contributed by atoms with Crippen LogP contribution in [0.4, 0.5) is 10.5 Å². The van der Waals surface area contributed by atoms with Gasteiger partial charge in [0.2, 0.25) is 5.91 Å². The molecule has 0 unspecified atom stereocenters. The molecule has 7 nitrogen and oxygen atoms in total. The van der Waals surface area contributed by atoms with E-state index < -0.39 is 24.4 Å². The zero-order valence-corrected chi connectivity index (χ0v) is 19.3. The highest BCUT2D eigenvalue weighted by Crippen LogP contribution is 2.23. The number of hydrogen-bond donors (Lipinski definition) is 2. The molecule has 1 saturated heterocycles. The van der Waals surface area contributed by atoms with E-state index in [9.17, 15) is 14.4 Å². The second-order valence-corrected chi connectivity index (χ2v) is 8.49. The highest BCUT2D eigenvalue weighted by molar-refractivity contribution is 9.10. The van der Waals surface area contributed by atoms with E-state index in [2.05, 4.69) is 26.6 Å². The number of aromatic nitrogens is 1. The molecule has 162 valence electrons. The molecule has 0 atom stereocenters. The summed E-state index contributed by atoms with van der Waals surface area (Å²) in [5.74, 6) is -1.05. The Kier molecular flexibility index (Phi) is 6.16. The monoisotopic (exact) mass is 512 g/mol. The van der Waals surface area contributed by atoms with E-state index in [4.69, 9.17) is 11.6 Å². The predicted molar refractivity (Wildman–Crippen MR) is 127 cm³/mol. The van der Waals surface area contributed by atoms with E-state index in [1.54, 1.807) is 30.3 Å². The first-order chi connectivity index (χ1) is 15.3. The minimum atomic E-state index is -0.649. The van der Waals surface area contributed by atoms with Crippen molar-refractivity contribution in [2.75, 3.05) is 11.9 Å². The predicted octanol–water partition coefficient (Wildman–Crippen LogP) is 4.73. The number of amides is 4. The van der Waals surface area contributed by atoms with Crippen LogP contribution >= 0.6 is 27.5 Å². The molecule has 2 heterocycles. The molecule has 32 heavy (non-hydrogen) atoms. The Hall–Kier alpha value is -3.36. The van der Waals surface area contributed by atoms with Crippen molar-refractivity contribution in [3.63, 3.8) is 0 Å². The standard InChI is InChI=1S/C23H18BrClN4O3/c1-14-4-9-18(11-19(14)25)28-10-2-3-17(28)12-20-22(31)29(23(32)27-20)13-21(30)26-16-7-5-15(24)6-8-16/h2-12H,13H2,1H3,(H,26,30)(H,27,32)/b20-12-. The van der Waals surface area contributed by atoms with E-state index >= 15 is 0 Å². The van der Waals surface area contributed by atoms with Crippen LogP contribution in [0.3, 0.4) is 0 Å². The first-order valence-corrected chi connectivity index (χ1v) is 10.8. The zero-order chi connectivity index (χ0) is 22.8. The molecule has 9 heteroatoms. The summed E-state index contributed by atoms with van der Waals surface area (Å²) in [6.45, 7) is 1.52. The Bertz CT molecular complexity index is 1250. The number of halogens is 2. The molecule has 3 aromatic rings. The summed E-state index contributed by atoms with van der Waals surface area (Å²) in [5.41, 5.74) is 3.10. The van der Waals surface area contributed by atoms with E-state index in [-0.39, 0.29) is 5.70 Å². The van der Waals surface area contributed by atoms with Crippen LogP contribution in [-0.2, 0) is 9.59 Å². The van der Waals surface area contributed by atoms with Gasteiger partial charge in [0.15, 0.2) is 0 Å². The molecule has 4 rings (SSSR count). The van der Waals surface area contributed by atoms with Crippen molar-refractivity contribution in [2.24, 2.45) is 0 Å². The van der Waals surface area contributed by atoms with Gasteiger partial charge in [-0.25, -0.2) is 9.69 Å². The number of urea groups is 1. The summed E-state index contributed by atoms with van der Waals surface area (Å²) in [4.78, 5) is 38.3. The van der Waals surface area contributed by atoms with E-state index in [0.29, 0.717) is 16.4 Å². The normalized spacial score (nSPS) is 14.7. The lowest BCUT2D eigenvalue weighted by Gasteiger charge is -2.12. The van der Waals surface area contributed by atoms with Gasteiger partial charge >= 0.3 is 6.03 Å². The van der Waals surface area contributed by atoms with Gasteiger partial charge in [-0.15, -0.1) is 0 Å². The fourth-order valence-electron chi connectivity index (χ4n) is 3.22. The van der Waals surface area contributed by atoms with Gasteiger partial charge in [0.25, 0.3) is 5.91 Å². The molecule has 2 N–H and O–H groups in total. The molecule has 0 bridgehead atoms. The average molecular weight is 514 g/mol. The largest absolute Gasteiger partial charge is 0.329 e. The van der Waals surface area contributed by atoms with Gasteiger partial charge in [0, 0.05) is 32.8 Å². The molecule has 2 aromatic carbocycles. The molecule has 1 aliphatic heterocycles. The van der Waals surface area contributed by atoms with Crippen molar-refractivity contribution >= 4 is 57.1 Å². The molecule has 1 aliphatic rings. The van der Waals surface area contributed by atoms with Gasteiger partial charge in [-0.2, -0.15) is 0 Å². The van der Waals surface area contributed by atoms with E-state index in [1.807, 2.05) is 48.0 Å². The van der Waals surface area contributed by atoms with Crippen LogP contribution in [-0.4, -0.2) is 33.9 Å². The number of nitrogens with one attached hydrogen (secondary N) is 2.